The van der Waals surface area contributed by atoms with Crippen LogP contribution in [0, 0.1) is 0 Å². The molecule has 1 amide bonds. The number of piperidine rings is 1. The molecule has 8 nitrogen and oxygen atoms in total. The van der Waals surface area contributed by atoms with Crippen molar-refractivity contribution < 1.29 is 14.6 Å². The Morgan fingerprint density at radius 2 is 2.00 bits per heavy atom. The van der Waals surface area contributed by atoms with Crippen molar-refractivity contribution in [2.24, 2.45) is 0 Å². The van der Waals surface area contributed by atoms with E-state index >= 15 is 0 Å². The predicted octanol–water partition coefficient (Wildman–Crippen LogP) is 1.37. The molecule has 2 aromatic rings. The van der Waals surface area contributed by atoms with E-state index in [1.807, 2.05) is 18.2 Å². The molecule has 1 aromatic carbocycles. The second-order valence-corrected chi connectivity index (χ2v) is 8.19. The van der Waals surface area contributed by atoms with E-state index in [0.717, 1.165) is 25.9 Å². The first-order valence-electron chi connectivity index (χ1n) is 9.93. The molecule has 0 aliphatic carbocycles. The number of aliphatic hydroxyl groups is 1. The van der Waals surface area contributed by atoms with Crippen LogP contribution in [0.3, 0.4) is 0 Å². The number of anilines is 2. The van der Waals surface area contributed by atoms with Crippen molar-refractivity contribution in [3.63, 3.8) is 0 Å². The van der Waals surface area contributed by atoms with Gasteiger partial charge >= 0.3 is 0 Å². The Kier molecular flexibility index (Phi) is 5.14. The molecule has 0 unspecified atom stereocenters. The summed E-state index contributed by atoms with van der Waals surface area (Å²) in [5.74, 6) is 0.864. The van der Waals surface area contributed by atoms with Gasteiger partial charge in [0.05, 0.1) is 23.9 Å². The maximum atomic E-state index is 12.5. The Hall–Kier alpha value is -2.71. The van der Waals surface area contributed by atoms with Gasteiger partial charge < -0.3 is 25.8 Å². The third kappa shape index (κ3) is 4.18. The largest absolute Gasteiger partial charge is 0.388 e. The molecule has 1 aromatic heterocycles. The first-order valence-corrected chi connectivity index (χ1v) is 9.93. The molecule has 1 spiro atoms. The van der Waals surface area contributed by atoms with Crippen molar-refractivity contribution in [3.8, 4) is 0 Å². The molecule has 29 heavy (non-hydrogen) atoms. The smallest absolute Gasteiger partial charge is 0.251 e. The van der Waals surface area contributed by atoms with E-state index in [-0.39, 0.29) is 12.5 Å². The highest BCUT2D eigenvalue weighted by atomic mass is 16.5. The fraction of sp³-hybridized carbons (Fsp3) is 0.476. The lowest BCUT2D eigenvalue weighted by Crippen LogP contribution is -2.64. The molecular weight excluding hydrogens is 370 g/mol. The van der Waals surface area contributed by atoms with Gasteiger partial charge in [0.25, 0.3) is 5.91 Å². The molecule has 2 fully saturated rings. The fourth-order valence-electron chi connectivity index (χ4n) is 4.24. The van der Waals surface area contributed by atoms with E-state index in [2.05, 4.69) is 20.2 Å². The van der Waals surface area contributed by atoms with Crippen LogP contribution in [-0.4, -0.2) is 57.9 Å². The van der Waals surface area contributed by atoms with Crippen LogP contribution in [0.5, 0.6) is 0 Å². The molecular formula is C21H27N5O3. The summed E-state index contributed by atoms with van der Waals surface area (Å²) < 4.78 is 6.23. The van der Waals surface area contributed by atoms with Crippen LogP contribution in [0.25, 0.3) is 0 Å². The van der Waals surface area contributed by atoms with Gasteiger partial charge in [-0.15, -0.1) is 0 Å². The molecule has 154 valence electrons. The summed E-state index contributed by atoms with van der Waals surface area (Å²) in [4.78, 5) is 23.2. The number of nitrogens with two attached hydrogens (primary N) is 1. The van der Waals surface area contributed by atoms with Gasteiger partial charge in [0.2, 0.25) is 5.95 Å². The SMILES string of the molecule is C[C@]1(O)CC2(CCN(c3nccc(N)n3)CC2)OC[C@@H]1NC(=O)c1ccccc1. The van der Waals surface area contributed by atoms with Crippen LogP contribution >= 0.6 is 0 Å². The lowest BCUT2D eigenvalue weighted by molar-refractivity contribution is -0.176. The van der Waals surface area contributed by atoms with E-state index in [1.54, 1.807) is 31.3 Å². The number of rotatable bonds is 3. The molecule has 4 rings (SSSR count). The topological polar surface area (TPSA) is 114 Å². The summed E-state index contributed by atoms with van der Waals surface area (Å²) in [6, 6.07) is 10.2. The summed E-state index contributed by atoms with van der Waals surface area (Å²) in [5, 5.41) is 14.0. The lowest BCUT2D eigenvalue weighted by Gasteiger charge is -2.51. The third-order valence-corrected chi connectivity index (χ3v) is 5.95. The van der Waals surface area contributed by atoms with Crippen LogP contribution in [0.1, 0.15) is 36.5 Å². The summed E-state index contributed by atoms with van der Waals surface area (Å²) in [6.07, 6.45) is 3.62. The van der Waals surface area contributed by atoms with Crippen molar-refractivity contribution in [2.75, 3.05) is 30.3 Å². The number of carbonyl (C=O) groups excluding carboxylic acids is 1. The maximum absolute atomic E-state index is 12.5. The number of carbonyl (C=O) groups is 1. The standard InChI is InChI=1S/C21H27N5O3/c1-20(28)14-21(8-11-26(12-9-21)19-23-10-7-17(22)25-19)29-13-16(20)24-18(27)15-5-3-2-4-6-15/h2-7,10,16,28H,8-9,11-14H2,1H3,(H,24,27)(H2,22,23,25)/t16-,20-/m0/s1. The molecule has 4 N–H and O–H groups in total. The van der Waals surface area contributed by atoms with E-state index in [1.165, 1.54) is 0 Å². The minimum Gasteiger partial charge on any atom is -0.388 e. The number of benzene rings is 1. The van der Waals surface area contributed by atoms with Crippen molar-refractivity contribution in [1.82, 2.24) is 15.3 Å². The zero-order valence-corrected chi connectivity index (χ0v) is 16.5. The summed E-state index contributed by atoms with van der Waals surface area (Å²) in [5.41, 5.74) is 4.87. The molecule has 8 heteroatoms. The van der Waals surface area contributed by atoms with Crippen LogP contribution in [0.15, 0.2) is 42.6 Å². The van der Waals surface area contributed by atoms with Gasteiger partial charge in [0, 0.05) is 31.3 Å². The molecule has 2 atom stereocenters. The molecule has 2 aliphatic rings. The second kappa shape index (κ2) is 7.61. The van der Waals surface area contributed by atoms with Gasteiger partial charge in [-0.25, -0.2) is 4.98 Å². The minimum atomic E-state index is -1.06. The minimum absolute atomic E-state index is 0.205. The highest BCUT2D eigenvalue weighted by molar-refractivity contribution is 5.94. The summed E-state index contributed by atoms with van der Waals surface area (Å²) in [7, 11) is 0. The Balaban J connectivity index is 1.38. The Labute approximate surface area is 170 Å². The molecule has 0 saturated carbocycles. The number of aromatic nitrogens is 2. The normalized spacial score (nSPS) is 26.3. The number of nitrogen functional groups attached to an aromatic ring is 1. The molecule has 0 bridgehead atoms. The predicted molar refractivity (Wildman–Crippen MR) is 110 cm³/mol. The van der Waals surface area contributed by atoms with Gasteiger partial charge in [0.1, 0.15) is 5.82 Å². The Bertz CT molecular complexity index is 866. The number of hydrogen-bond donors (Lipinski definition) is 3. The van der Waals surface area contributed by atoms with Crippen molar-refractivity contribution in [2.45, 2.75) is 43.4 Å². The molecule has 2 saturated heterocycles. The maximum Gasteiger partial charge on any atom is 0.251 e. The molecule has 2 aliphatic heterocycles. The van der Waals surface area contributed by atoms with Crippen LogP contribution in [-0.2, 0) is 4.74 Å². The van der Waals surface area contributed by atoms with Gasteiger partial charge in [-0.3, -0.25) is 4.79 Å². The Morgan fingerprint density at radius 3 is 2.66 bits per heavy atom. The number of hydrogen-bond acceptors (Lipinski definition) is 7. The van der Waals surface area contributed by atoms with Crippen LogP contribution < -0.4 is 16.0 Å². The number of nitrogens with one attached hydrogen (secondary N) is 1. The van der Waals surface area contributed by atoms with Gasteiger partial charge in [-0.1, -0.05) is 18.2 Å². The summed E-state index contributed by atoms with van der Waals surface area (Å²) >= 11 is 0. The number of ether oxygens (including phenoxy) is 1. The van der Waals surface area contributed by atoms with Crippen LogP contribution in [0.2, 0.25) is 0 Å². The lowest BCUT2D eigenvalue weighted by atomic mass is 9.75. The Morgan fingerprint density at radius 1 is 1.28 bits per heavy atom. The van der Waals surface area contributed by atoms with Crippen LogP contribution in [0.4, 0.5) is 11.8 Å². The van der Waals surface area contributed by atoms with Crippen molar-refractivity contribution >= 4 is 17.7 Å². The van der Waals surface area contributed by atoms with E-state index in [0.29, 0.717) is 23.8 Å². The monoisotopic (exact) mass is 397 g/mol. The average Bonchev–Trinajstić information content (AvgIpc) is 2.71. The quantitative estimate of drug-likeness (QED) is 0.717. The first-order chi connectivity index (χ1) is 13.9. The number of nitrogens with zero attached hydrogens (tertiary/aromatic N) is 3. The number of amides is 1. The highest BCUT2D eigenvalue weighted by Crippen LogP contribution is 2.40. The van der Waals surface area contributed by atoms with E-state index in [4.69, 9.17) is 10.5 Å². The van der Waals surface area contributed by atoms with Gasteiger partial charge in [-0.05, 0) is 38.0 Å². The summed E-state index contributed by atoms with van der Waals surface area (Å²) in [6.45, 7) is 3.50. The second-order valence-electron chi connectivity index (χ2n) is 8.19. The van der Waals surface area contributed by atoms with E-state index in [9.17, 15) is 9.90 Å². The highest BCUT2D eigenvalue weighted by Gasteiger charge is 2.49. The van der Waals surface area contributed by atoms with Gasteiger partial charge in [0.15, 0.2) is 0 Å². The molecule has 3 heterocycles. The zero-order chi connectivity index (χ0) is 20.5. The fourth-order valence-corrected chi connectivity index (χ4v) is 4.24. The zero-order valence-electron chi connectivity index (χ0n) is 16.5. The van der Waals surface area contributed by atoms with E-state index < -0.39 is 17.2 Å². The van der Waals surface area contributed by atoms with Crippen molar-refractivity contribution in [3.05, 3.63) is 48.2 Å². The van der Waals surface area contributed by atoms with Crippen molar-refractivity contribution in [1.29, 1.82) is 0 Å². The third-order valence-electron chi connectivity index (χ3n) is 5.95. The van der Waals surface area contributed by atoms with Gasteiger partial charge in [-0.2, -0.15) is 4.98 Å². The first kappa shape index (κ1) is 19.6. The average molecular weight is 397 g/mol. The molecule has 0 radical (unpaired) electrons.